The SMILES string of the molecule is COc1cccc(CCCNS(=O)(=O)c2ccc([N+](=O)[O-])cc2)c1. The topological polar surface area (TPSA) is 98.5 Å². The van der Waals surface area contributed by atoms with Gasteiger partial charge in [-0.2, -0.15) is 0 Å². The van der Waals surface area contributed by atoms with E-state index in [-0.39, 0.29) is 17.1 Å². The summed E-state index contributed by atoms with van der Waals surface area (Å²) >= 11 is 0. The molecular weight excluding hydrogens is 332 g/mol. The van der Waals surface area contributed by atoms with Crippen LogP contribution in [0.1, 0.15) is 12.0 Å². The van der Waals surface area contributed by atoms with Gasteiger partial charge in [0.25, 0.3) is 5.69 Å². The quantitative estimate of drug-likeness (QED) is 0.448. The molecule has 0 fully saturated rings. The number of sulfonamides is 1. The molecule has 0 amide bonds. The van der Waals surface area contributed by atoms with Gasteiger partial charge in [-0.15, -0.1) is 0 Å². The number of nitrogens with zero attached hydrogens (tertiary/aromatic N) is 1. The van der Waals surface area contributed by atoms with Crippen molar-refractivity contribution in [3.63, 3.8) is 0 Å². The van der Waals surface area contributed by atoms with E-state index in [1.807, 2.05) is 24.3 Å². The van der Waals surface area contributed by atoms with Crippen molar-refractivity contribution in [1.29, 1.82) is 0 Å². The van der Waals surface area contributed by atoms with Gasteiger partial charge in [-0.05, 0) is 42.7 Å². The molecule has 2 rings (SSSR count). The van der Waals surface area contributed by atoms with E-state index in [9.17, 15) is 18.5 Å². The second kappa shape index (κ2) is 7.89. The molecule has 2 aromatic carbocycles. The molecule has 0 aliphatic rings. The van der Waals surface area contributed by atoms with Crippen LogP contribution in [0.2, 0.25) is 0 Å². The van der Waals surface area contributed by atoms with E-state index >= 15 is 0 Å². The van der Waals surface area contributed by atoms with Crippen LogP contribution in [0.3, 0.4) is 0 Å². The van der Waals surface area contributed by atoms with Crippen LogP contribution in [0, 0.1) is 10.1 Å². The fourth-order valence-electron chi connectivity index (χ4n) is 2.16. The molecule has 7 nitrogen and oxygen atoms in total. The van der Waals surface area contributed by atoms with Gasteiger partial charge in [0.1, 0.15) is 5.75 Å². The first-order chi connectivity index (χ1) is 11.4. The third kappa shape index (κ3) is 4.77. The van der Waals surface area contributed by atoms with E-state index < -0.39 is 14.9 Å². The van der Waals surface area contributed by atoms with E-state index in [0.29, 0.717) is 12.8 Å². The largest absolute Gasteiger partial charge is 0.497 e. The molecule has 0 aliphatic carbocycles. The summed E-state index contributed by atoms with van der Waals surface area (Å²) in [7, 11) is -2.07. The molecular formula is C16H18N2O5S. The summed E-state index contributed by atoms with van der Waals surface area (Å²) in [5.41, 5.74) is 0.913. The average Bonchev–Trinajstić information content (AvgIpc) is 2.59. The Hall–Kier alpha value is -2.45. The first-order valence-corrected chi connectivity index (χ1v) is 8.78. The van der Waals surface area contributed by atoms with E-state index in [1.54, 1.807) is 7.11 Å². The average molecular weight is 350 g/mol. The van der Waals surface area contributed by atoms with Gasteiger partial charge in [-0.25, -0.2) is 13.1 Å². The maximum Gasteiger partial charge on any atom is 0.269 e. The Labute approximate surface area is 140 Å². The summed E-state index contributed by atoms with van der Waals surface area (Å²) in [6.07, 6.45) is 1.33. The summed E-state index contributed by atoms with van der Waals surface area (Å²) in [5.74, 6) is 0.763. The summed E-state index contributed by atoms with van der Waals surface area (Å²) in [4.78, 5) is 10.0. The molecule has 0 radical (unpaired) electrons. The standard InChI is InChI=1S/C16H18N2O5S/c1-23-15-6-2-4-13(12-15)5-3-11-17-24(21,22)16-9-7-14(8-10-16)18(19)20/h2,4,6-10,12,17H,3,5,11H2,1H3. The molecule has 2 aromatic rings. The van der Waals surface area contributed by atoms with Crippen LogP contribution in [0.25, 0.3) is 0 Å². The van der Waals surface area contributed by atoms with E-state index in [2.05, 4.69) is 4.72 Å². The van der Waals surface area contributed by atoms with Crippen LogP contribution < -0.4 is 9.46 Å². The molecule has 24 heavy (non-hydrogen) atoms. The lowest BCUT2D eigenvalue weighted by Gasteiger charge is -2.07. The molecule has 0 saturated carbocycles. The lowest BCUT2D eigenvalue weighted by Crippen LogP contribution is -2.25. The normalized spacial score (nSPS) is 11.2. The Morgan fingerprint density at radius 3 is 2.50 bits per heavy atom. The van der Waals surface area contributed by atoms with E-state index in [1.165, 1.54) is 24.3 Å². The number of non-ortho nitro benzene ring substituents is 1. The highest BCUT2D eigenvalue weighted by molar-refractivity contribution is 7.89. The lowest BCUT2D eigenvalue weighted by atomic mass is 10.1. The Bertz CT molecular complexity index is 803. The number of ether oxygens (including phenoxy) is 1. The zero-order chi connectivity index (χ0) is 17.6. The highest BCUT2D eigenvalue weighted by Crippen LogP contribution is 2.16. The first kappa shape index (κ1) is 17.9. The number of hydrogen-bond donors (Lipinski definition) is 1. The molecule has 0 bridgehead atoms. The van der Waals surface area contributed by atoms with Gasteiger partial charge in [0.05, 0.1) is 16.9 Å². The van der Waals surface area contributed by atoms with Crippen molar-refractivity contribution in [3.8, 4) is 5.75 Å². The number of nitro benzene ring substituents is 1. The van der Waals surface area contributed by atoms with Gasteiger partial charge >= 0.3 is 0 Å². The smallest absolute Gasteiger partial charge is 0.269 e. The second-order valence-electron chi connectivity index (χ2n) is 5.10. The minimum atomic E-state index is -3.67. The minimum Gasteiger partial charge on any atom is -0.497 e. The van der Waals surface area contributed by atoms with Crippen molar-refractivity contribution in [2.45, 2.75) is 17.7 Å². The van der Waals surface area contributed by atoms with Gasteiger partial charge < -0.3 is 4.74 Å². The number of hydrogen-bond acceptors (Lipinski definition) is 5. The fraction of sp³-hybridized carbons (Fsp3) is 0.250. The molecule has 0 aliphatic heterocycles. The van der Waals surface area contributed by atoms with Crippen molar-refractivity contribution in [1.82, 2.24) is 4.72 Å². The highest BCUT2D eigenvalue weighted by Gasteiger charge is 2.15. The Morgan fingerprint density at radius 1 is 1.17 bits per heavy atom. The molecule has 0 saturated heterocycles. The van der Waals surface area contributed by atoms with Crippen molar-refractivity contribution in [2.24, 2.45) is 0 Å². The first-order valence-electron chi connectivity index (χ1n) is 7.29. The molecule has 0 atom stereocenters. The van der Waals surface area contributed by atoms with Crippen LogP contribution >= 0.6 is 0 Å². The maximum absolute atomic E-state index is 12.1. The van der Waals surface area contributed by atoms with Crippen LogP contribution in [0.5, 0.6) is 5.75 Å². The summed E-state index contributed by atoms with van der Waals surface area (Å²) in [6, 6.07) is 12.4. The van der Waals surface area contributed by atoms with Crippen LogP contribution in [0.4, 0.5) is 5.69 Å². The number of methoxy groups -OCH3 is 1. The van der Waals surface area contributed by atoms with Crippen molar-refractivity contribution in [2.75, 3.05) is 13.7 Å². The summed E-state index contributed by atoms with van der Waals surface area (Å²) < 4.78 is 31.9. The lowest BCUT2D eigenvalue weighted by molar-refractivity contribution is -0.384. The zero-order valence-corrected chi connectivity index (χ0v) is 14.0. The van der Waals surface area contributed by atoms with Crippen molar-refractivity contribution in [3.05, 3.63) is 64.2 Å². The molecule has 0 heterocycles. The fourth-order valence-corrected chi connectivity index (χ4v) is 3.23. The minimum absolute atomic E-state index is 0.00878. The number of rotatable bonds is 8. The van der Waals surface area contributed by atoms with Crippen molar-refractivity contribution >= 4 is 15.7 Å². The summed E-state index contributed by atoms with van der Waals surface area (Å²) in [5, 5.41) is 10.6. The van der Waals surface area contributed by atoms with Gasteiger partial charge in [0.2, 0.25) is 10.0 Å². The van der Waals surface area contributed by atoms with Crippen molar-refractivity contribution < 1.29 is 18.1 Å². The number of aryl methyl sites for hydroxylation is 1. The van der Waals surface area contributed by atoms with Gasteiger partial charge in [-0.3, -0.25) is 10.1 Å². The van der Waals surface area contributed by atoms with E-state index in [4.69, 9.17) is 4.74 Å². The number of nitrogens with one attached hydrogen (secondary N) is 1. The molecule has 1 N–H and O–H groups in total. The summed E-state index contributed by atoms with van der Waals surface area (Å²) in [6.45, 7) is 0.274. The van der Waals surface area contributed by atoms with Crippen LogP contribution in [0.15, 0.2) is 53.4 Å². The molecule has 8 heteroatoms. The Kier molecular flexibility index (Phi) is 5.88. The molecule has 128 valence electrons. The Morgan fingerprint density at radius 2 is 1.88 bits per heavy atom. The van der Waals surface area contributed by atoms with Crippen LogP contribution in [-0.4, -0.2) is 27.0 Å². The number of nitro groups is 1. The molecule has 0 unspecified atom stereocenters. The third-order valence-corrected chi connectivity index (χ3v) is 4.90. The maximum atomic E-state index is 12.1. The second-order valence-corrected chi connectivity index (χ2v) is 6.87. The van der Waals surface area contributed by atoms with E-state index in [0.717, 1.165) is 11.3 Å². The zero-order valence-electron chi connectivity index (χ0n) is 13.1. The monoisotopic (exact) mass is 350 g/mol. The van der Waals surface area contributed by atoms with Gasteiger partial charge in [0, 0.05) is 18.7 Å². The van der Waals surface area contributed by atoms with Gasteiger partial charge in [-0.1, -0.05) is 12.1 Å². The Balaban J connectivity index is 1.89. The predicted molar refractivity (Wildman–Crippen MR) is 89.6 cm³/mol. The molecule has 0 aromatic heterocycles. The molecule has 0 spiro atoms. The third-order valence-electron chi connectivity index (χ3n) is 3.43. The van der Waals surface area contributed by atoms with Crippen LogP contribution in [-0.2, 0) is 16.4 Å². The predicted octanol–water partition coefficient (Wildman–Crippen LogP) is 2.51. The highest BCUT2D eigenvalue weighted by atomic mass is 32.2. The van der Waals surface area contributed by atoms with Gasteiger partial charge in [0.15, 0.2) is 0 Å². The number of benzene rings is 2.